The smallest absolute Gasteiger partial charge is 0.226 e. The van der Waals surface area contributed by atoms with Gasteiger partial charge in [0.2, 0.25) is 11.0 Å². The van der Waals surface area contributed by atoms with Crippen LogP contribution in [0.4, 0.5) is 5.13 Å². The zero-order valence-electron chi connectivity index (χ0n) is 13.1. The molecule has 0 atom stereocenters. The number of carbonyl (C=O) groups is 1. The van der Waals surface area contributed by atoms with E-state index in [4.69, 9.17) is 0 Å². The third kappa shape index (κ3) is 4.21. The van der Waals surface area contributed by atoms with Gasteiger partial charge in [-0.15, -0.1) is 16.8 Å². The number of nitrogens with one attached hydrogen (secondary N) is 1. The van der Waals surface area contributed by atoms with Crippen LogP contribution in [-0.4, -0.2) is 21.9 Å². The number of carbonyl (C=O) groups excluding carboxylic acids is 1. The molecule has 0 spiro atoms. The van der Waals surface area contributed by atoms with E-state index in [1.165, 1.54) is 27.7 Å². The van der Waals surface area contributed by atoms with Crippen molar-refractivity contribution in [3.63, 3.8) is 0 Å². The first-order valence-electron chi connectivity index (χ1n) is 7.60. The van der Waals surface area contributed by atoms with E-state index in [1.54, 1.807) is 11.8 Å². The van der Waals surface area contributed by atoms with Crippen molar-refractivity contribution < 1.29 is 4.79 Å². The molecule has 0 saturated heterocycles. The van der Waals surface area contributed by atoms with Gasteiger partial charge in [-0.25, -0.2) is 0 Å². The summed E-state index contributed by atoms with van der Waals surface area (Å²) in [5.74, 6) is 0.739. The maximum Gasteiger partial charge on any atom is 0.226 e. The molecule has 0 aliphatic heterocycles. The Morgan fingerprint density at radius 2 is 2.04 bits per heavy atom. The number of aromatic nitrogens is 2. The Balaban J connectivity index is 1.59. The molecule has 122 valence electrons. The quantitative estimate of drug-likeness (QED) is 0.384. The molecular weight excluding hydrogens is 338 g/mol. The molecule has 0 bridgehead atoms. The van der Waals surface area contributed by atoms with Gasteiger partial charge in [-0.1, -0.05) is 71.6 Å². The fourth-order valence-electron chi connectivity index (χ4n) is 2.39. The minimum Gasteiger partial charge on any atom is -0.300 e. The summed E-state index contributed by atoms with van der Waals surface area (Å²) in [5.41, 5.74) is 1.18. The maximum absolute atomic E-state index is 12.1. The van der Waals surface area contributed by atoms with Crippen molar-refractivity contribution in [3.8, 4) is 0 Å². The fourth-order valence-corrected chi connectivity index (χ4v) is 3.92. The van der Waals surface area contributed by atoms with Gasteiger partial charge in [-0.3, -0.25) is 4.79 Å². The van der Waals surface area contributed by atoms with Crippen molar-refractivity contribution in [1.82, 2.24) is 10.2 Å². The number of fused-ring (bicyclic) bond motifs is 1. The van der Waals surface area contributed by atoms with Crippen molar-refractivity contribution in [1.29, 1.82) is 0 Å². The second kappa shape index (κ2) is 8.08. The Kier molecular flexibility index (Phi) is 5.61. The molecule has 2 aromatic carbocycles. The predicted molar refractivity (Wildman–Crippen MR) is 102 cm³/mol. The van der Waals surface area contributed by atoms with Crippen LogP contribution in [0.5, 0.6) is 0 Å². The summed E-state index contributed by atoms with van der Waals surface area (Å²) in [5, 5.41) is 13.8. The highest BCUT2D eigenvalue weighted by Gasteiger charge is 2.09. The zero-order chi connectivity index (χ0) is 16.8. The lowest BCUT2D eigenvalue weighted by atomic mass is 10.0. The van der Waals surface area contributed by atoms with Crippen LogP contribution < -0.4 is 5.32 Å². The third-order valence-electron chi connectivity index (χ3n) is 3.48. The summed E-state index contributed by atoms with van der Waals surface area (Å²) < 4.78 is 0.833. The largest absolute Gasteiger partial charge is 0.300 e. The number of amides is 1. The first kappa shape index (κ1) is 16.7. The van der Waals surface area contributed by atoms with Gasteiger partial charge >= 0.3 is 0 Å². The minimum atomic E-state index is -0.0423. The number of aryl methyl sites for hydroxylation is 1. The van der Waals surface area contributed by atoms with E-state index in [0.29, 0.717) is 18.0 Å². The fraction of sp³-hybridized carbons (Fsp3) is 0.167. The molecule has 1 amide bonds. The third-order valence-corrected chi connectivity index (χ3v) is 5.45. The Morgan fingerprint density at radius 3 is 2.92 bits per heavy atom. The van der Waals surface area contributed by atoms with Crippen LogP contribution in [0.15, 0.2) is 59.5 Å². The van der Waals surface area contributed by atoms with Crippen molar-refractivity contribution in [2.75, 3.05) is 11.1 Å². The summed E-state index contributed by atoms with van der Waals surface area (Å²) in [6.07, 6.45) is 2.93. The topological polar surface area (TPSA) is 54.9 Å². The summed E-state index contributed by atoms with van der Waals surface area (Å²) in [6.45, 7) is 3.67. The molecule has 24 heavy (non-hydrogen) atoms. The Labute approximate surface area is 149 Å². The van der Waals surface area contributed by atoms with Gasteiger partial charge in [0.25, 0.3) is 0 Å². The lowest BCUT2D eigenvalue weighted by Gasteiger charge is -2.06. The first-order chi connectivity index (χ1) is 11.8. The number of anilines is 1. The van der Waals surface area contributed by atoms with Crippen LogP contribution in [0.25, 0.3) is 10.8 Å². The van der Waals surface area contributed by atoms with Gasteiger partial charge in [0.1, 0.15) is 0 Å². The van der Waals surface area contributed by atoms with Crippen molar-refractivity contribution >= 4 is 44.9 Å². The van der Waals surface area contributed by atoms with E-state index in [9.17, 15) is 4.79 Å². The molecule has 1 aromatic heterocycles. The Morgan fingerprint density at radius 1 is 1.21 bits per heavy atom. The molecule has 6 heteroatoms. The molecule has 3 aromatic rings. The summed E-state index contributed by atoms with van der Waals surface area (Å²) in [4.78, 5) is 12.1. The van der Waals surface area contributed by atoms with Crippen LogP contribution in [0.1, 0.15) is 12.0 Å². The molecule has 1 N–H and O–H groups in total. The summed E-state index contributed by atoms with van der Waals surface area (Å²) in [7, 11) is 0. The maximum atomic E-state index is 12.1. The molecule has 0 aliphatic rings. The van der Waals surface area contributed by atoms with Crippen molar-refractivity contribution in [3.05, 3.63) is 60.7 Å². The van der Waals surface area contributed by atoms with E-state index in [1.807, 2.05) is 24.3 Å². The monoisotopic (exact) mass is 355 g/mol. The summed E-state index contributed by atoms with van der Waals surface area (Å²) in [6, 6.07) is 14.4. The number of nitrogens with zero attached hydrogens (tertiary/aromatic N) is 2. The minimum absolute atomic E-state index is 0.0423. The standard InChI is InChI=1S/C18H17N3OS2/c1-2-12-23-18-21-20-17(24-18)19-16(22)11-10-14-8-5-7-13-6-3-4-9-15(13)14/h2-9H,1,10-12H2,(H,19,20,22). The summed E-state index contributed by atoms with van der Waals surface area (Å²) >= 11 is 2.94. The van der Waals surface area contributed by atoms with Crippen LogP contribution >= 0.6 is 23.1 Å². The predicted octanol–water partition coefficient (Wildman–Crippen LogP) is 4.54. The lowest BCUT2D eigenvalue weighted by molar-refractivity contribution is -0.116. The Hall–Kier alpha value is -2.18. The second-order valence-corrected chi connectivity index (χ2v) is 7.40. The van der Waals surface area contributed by atoms with Gasteiger partial charge in [0.15, 0.2) is 4.34 Å². The average Bonchev–Trinajstić information content (AvgIpc) is 3.05. The van der Waals surface area contributed by atoms with Crippen molar-refractivity contribution in [2.24, 2.45) is 0 Å². The van der Waals surface area contributed by atoms with E-state index < -0.39 is 0 Å². The normalized spacial score (nSPS) is 10.7. The molecule has 0 saturated carbocycles. The van der Waals surface area contributed by atoms with E-state index >= 15 is 0 Å². The number of hydrogen-bond donors (Lipinski definition) is 1. The average molecular weight is 355 g/mol. The van der Waals surface area contributed by atoms with E-state index in [-0.39, 0.29) is 5.91 Å². The molecule has 1 heterocycles. The molecule has 3 rings (SSSR count). The van der Waals surface area contributed by atoms with E-state index in [2.05, 4.69) is 46.4 Å². The van der Waals surface area contributed by atoms with Crippen LogP contribution in [-0.2, 0) is 11.2 Å². The van der Waals surface area contributed by atoms with Gasteiger partial charge in [-0.2, -0.15) is 0 Å². The van der Waals surface area contributed by atoms with Crippen molar-refractivity contribution in [2.45, 2.75) is 17.2 Å². The second-order valence-electron chi connectivity index (χ2n) is 5.16. The molecule has 4 nitrogen and oxygen atoms in total. The molecular formula is C18H17N3OS2. The number of thioether (sulfide) groups is 1. The first-order valence-corrected chi connectivity index (χ1v) is 9.40. The van der Waals surface area contributed by atoms with Crippen LogP contribution in [0, 0.1) is 0 Å². The molecule has 0 aliphatic carbocycles. The Bertz CT molecular complexity index is 855. The lowest BCUT2D eigenvalue weighted by Crippen LogP contribution is -2.12. The van der Waals surface area contributed by atoms with Gasteiger partial charge in [0, 0.05) is 12.2 Å². The number of hydrogen-bond acceptors (Lipinski definition) is 5. The van der Waals surface area contributed by atoms with E-state index in [0.717, 1.165) is 10.1 Å². The highest BCUT2D eigenvalue weighted by molar-refractivity contribution is 8.01. The van der Waals surface area contributed by atoms with Crippen LogP contribution in [0.3, 0.4) is 0 Å². The molecule has 0 radical (unpaired) electrons. The number of rotatable bonds is 7. The van der Waals surface area contributed by atoms with Crippen LogP contribution in [0.2, 0.25) is 0 Å². The molecule has 0 fully saturated rings. The zero-order valence-corrected chi connectivity index (χ0v) is 14.7. The van der Waals surface area contributed by atoms with Gasteiger partial charge in [-0.05, 0) is 22.8 Å². The highest BCUT2D eigenvalue weighted by atomic mass is 32.2. The van der Waals surface area contributed by atoms with Gasteiger partial charge in [0.05, 0.1) is 0 Å². The number of benzene rings is 2. The highest BCUT2D eigenvalue weighted by Crippen LogP contribution is 2.25. The SMILES string of the molecule is C=CCSc1nnc(NC(=O)CCc2cccc3ccccc23)s1. The van der Waals surface area contributed by atoms with Gasteiger partial charge < -0.3 is 5.32 Å². The molecule has 0 unspecified atom stereocenters.